The molecule has 1 aromatic heterocycles. The van der Waals surface area contributed by atoms with E-state index < -0.39 is 24.0 Å². The van der Waals surface area contributed by atoms with Crippen LogP contribution in [0.1, 0.15) is 15.9 Å². The van der Waals surface area contributed by atoms with E-state index in [-0.39, 0.29) is 5.56 Å². The van der Waals surface area contributed by atoms with Crippen LogP contribution in [-0.4, -0.2) is 28.5 Å². The van der Waals surface area contributed by atoms with E-state index in [2.05, 4.69) is 4.98 Å². The monoisotopic (exact) mass is 260 g/mol. The predicted molar refractivity (Wildman–Crippen MR) is 69.7 cm³/mol. The number of fused-ring (bicyclic) bond motifs is 1. The molecule has 0 saturated heterocycles. The van der Waals surface area contributed by atoms with Gasteiger partial charge in [0.1, 0.15) is 0 Å². The largest absolute Gasteiger partial charge is 0.465 e. The maximum atomic E-state index is 11.8. The number of H-pyrrole nitrogens is 1. The number of Topliss-reactive ketones (excluding diaryl/α,β-unsaturated/α-hetero) is 1. The zero-order valence-corrected chi connectivity index (χ0v) is 10.2. The molecule has 0 aliphatic carbocycles. The molecule has 0 saturated carbocycles. The molecule has 0 fully saturated rings. The van der Waals surface area contributed by atoms with Crippen molar-refractivity contribution in [3.05, 3.63) is 45.7 Å². The predicted octanol–water partition coefficient (Wildman–Crippen LogP) is 1.29. The minimum absolute atomic E-state index is 0.0492. The topological polar surface area (TPSA) is 99.3 Å². The van der Waals surface area contributed by atoms with Crippen molar-refractivity contribution >= 4 is 22.8 Å². The molecule has 0 aliphatic rings. The van der Waals surface area contributed by atoms with Crippen LogP contribution in [0.2, 0.25) is 0 Å². The van der Waals surface area contributed by atoms with Crippen molar-refractivity contribution in [2.75, 3.05) is 6.54 Å². The third kappa shape index (κ3) is 2.79. The number of ketones is 1. The van der Waals surface area contributed by atoms with E-state index in [0.717, 1.165) is 10.9 Å². The highest BCUT2D eigenvalue weighted by Crippen LogP contribution is 2.13. The van der Waals surface area contributed by atoms with Gasteiger partial charge in [0.25, 0.3) is 5.56 Å². The van der Waals surface area contributed by atoms with Crippen molar-refractivity contribution in [2.45, 2.75) is 6.92 Å². The summed E-state index contributed by atoms with van der Waals surface area (Å²) in [5, 5.41) is 11.1. The summed E-state index contributed by atoms with van der Waals surface area (Å²) < 4.78 is 0. The number of aromatic amines is 1. The summed E-state index contributed by atoms with van der Waals surface area (Å²) in [5.74, 6) is -0.563. The van der Waals surface area contributed by atoms with Gasteiger partial charge in [-0.1, -0.05) is 11.6 Å². The van der Waals surface area contributed by atoms with Gasteiger partial charge in [-0.2, -0.15) is 0 Å². The molecule has 6 nitrogen and oxygen atoms in total. The van der Waals surface area contributed by atoms with Gasteiger partial charge in [-0.25, -0.2) is 4.79 Å². The summed E-state index contributed by atoms with van der Waals surface area (Å²) in [5.41, 5.74) is 1.07. The number of hydrogen-bond donors (Lipinski definition) is 3. The zero-order valence-electron chi connectivity index (χ0n) is 10.2. The molecule has 0 atom stereocenters. The summed E-state index contributed by atoms with van der Waals surface area (Å²) in [4.78, 5) is 36.4. The van der Waals surface area contributed by atoms with Crippen LogP contribution in [0.15, 0.2) is 29.1 Å². The standard InChI is InChI=1S/C13H12N2O4/c1-7-2-3-10-8(4-7)5-9(12(17)15-10)11(16)6-14-13(18)19/h2-5,14H,6H2,1H3,(H,15,17)(H,18,19). The van der Waals surface area contributed by atoms with E-state index in [0.29, 0.717) is 5.52 Å². The Morgan fingerprint density at radius 2 is 2.05 bits per heavy atom. The molecule has 0 aliphatic heterocycles. The number of benzene rings is 1. The fraction of sp³-hybridized carbons (Fsp3) is 0.154. The first-order valence-corrected chi connectivity index (χ1v) is 5.61. The summed E-state index contributed by atoms with van der Waals surface area (Å²) in [6.07, 6.45) is -1.30. The quantitative estimate of drug-likeness (QED) is 0.724. The lowest BCUT2D eigenvalue weighted by Crippen LogP contribution is -2.31. The SMILES string of the molecule is Cc1ccc2[nH]c(=O)c(C(=O)CNC(=O)O)cc2c1. The molecular formula is C13H12N2O4. The van der Waals surface area contributed by atoms with E-state index in [1.54, 1.807) is 6.07 Å². The minimum Gasteiger partial charge on any atom is -0.465 e. The molecule has 0 bridgehead atoms. The Morgan fingerprint density at radius 1 is 1.32 bits per heavy atom. The maximum Gasteiger partial charge on any atom is 0.405 e. The average Bonchev–Trinajstić information content (AvgIpc) is 2.35. The molecule has 6 heteroatoms. The second-order valence-electron chi connectivity index (χ2n) is 4.18. The van der Waals surface area contributed by atoms with E-state index >= 15 is 0 Å². The molecule has 2 rings (SSSR count). The van der Waals surface area contributed by atoms with Crippen LogP contribution >= 0.6 is 0 Å². The van der Waals surface area contributed by atoms with E-state index in [1.807, 2.05) is 24.4 Å². The Kier molecular flexibility index (Phi) is 3.33. The molecule has 0 unspecified atom stereocenters. The van der Waals surface area contributed by atoms with Gasteiger partial charge in [-0.3, -0.25) is 9.59 Å². The molecule has 0 spiro atoms. The Hall–Kier alpha value is -2.63. The molecule has 98 valence electrons. The first-order chi connectivity index (χ1) is 8.97. The van der Waals surface area contributed by atoms with Gasteiger partial charge in [0.15, 0.2) is 5.78 Å². The van der Waals surface area contributed by atoms with Crippen LogP contribution in [0.25, 0.3) is 10.9 Å². The summed E-state index contributed by atoms with van der Waals surface area (Å²) in [6, 6.07) is 6.93. The first kappa shape index (κ1) is 12.8. The summed E-state index contributed by atoms with van der Waals surface area (Å²) >= 11 is 0. The highest BCUT2D eigenvalue weighted by molar-refractivity contribution is 6.00. The Bertz CT molecular complexity index is 718. The van der Waals surface area contributed by atoms with Gasteiger partial charge in [0.05, 0.1) is 12.1 Å². The van der Waals surface area contributed by atoms with Gasteiger partial charge >= 0.3 is 6.09 Å². The molecule has 0 radical (unpaired) electrons. The number of carboxylic acid groups (broad SMARTS) is 1. The number of carbonyl (C=O) groups excluding carboxylic acids is 1. The van der Waals surface area contributed by atoms with Crippen molar-refractivity contribution in [3.8, 4) is 0 Å². The fourth-order valence-corrected chi connectivity index (χ4v) is 1.78. The molecular weight excluding hydrogens is 248 g/mol. The highest BCUT2D eigenvalue weighted by Gasteiger charge is 2.12. The van der Waals surface area contributed by atoms with Gasteiger partial charge in [-0.15, -0.1) is 0 Å². The molecule has 19 heavy (non-hydrogen) atoms. The second kappa shape index (κ2) is 4.93. The van der Waals surface area contributed by atoms with Crippen molar-refractivity contribution < 1.29 is 14.7 Å². The van der Waals surface area contributed by atoms with Gasteiger partial charge in [0, 0.05) is 5.52 Å². The lowest BCUT2D eigenvalue weighted by atomic mass is 10.1. The Morgan fingerprint density at radius 3 is 2.74 bits per heavy atom. The van der Waals surface area contributed by atoms with E-state index in [4.69, 9.17) is 5.11 Å². The number of aromatic nitrogens is 1. The number of aryl methyl sites for hydroxylation is 1. The maximum absolute atomic E-state index is 11.8. The fourth-order valence-electron chi connectivity index (χ4n) is 1.78. The number of rotatable bonds is 3. The highest BCUT2D eigenvalue weighted by atomic mass is 16.4. The van der Waals surface area contributed by atoms with Crippen LogP contribution in [0.3, 0.4) is 0 Å². The Labute approximate surface area is 108 Å². The number of pyridine rings is 1. The van der Waals surface area contributed by atoms with Crippen LogP contribution in [0, 0.1) is 6.92 Å². The third-order valence-electron chi connectivity index (χ3n) is 2.70. The van der Waals surface area contributed by atoms with Crippen molar-refractivity contribution in [2.24, 2.45) is 0 Å². The average molecular weight is 260 g/mol. The van der Waals surface area contributed by atoms with Crippen molar-refractivity contribution in [1.82, 2.24) is 10.3 Å². The van der Waals surface area contributed by atoms with E-state index in [9.17, 15) is 14.4 Å². The first-order valence-electron chi connectivity index (χ1n) is 5.61. The lowest BCUT2D eigenvalue weighted by Gasteiger charge is -2.04. The van der Waals surface area contributed by atoms with Crippen LogP contribution in [0.4, 0.5) is 4.79 Å². The van der Waals surface area contributed by atoms with Gasteiger partial charge < -0.3 is 15.4 Å². The van der Waals surface area contributed by atoms with Gasteiger partial charge in [-0.05, 0) is 30.5 Å². The van der Waals surface area contributed by atoms with Crippen LogP contribution < -0.4 is 10.9 Å². The molecule has 1 amide bonds. The molecule has 2 aromatic rings. The molecule has 3 N–H and O–H groups in total. The number of nitrogens with one attached hydrogen (secondary N) is 2. The summed E-state index contributed by atoms with van der Waals surface area (Å²) in [7, 11) is 0. The normalized spacial score (nSPS) is 10.4. The second-order valence-corrected chi connectivity index (χ2v) is 4.18. The molecule has 1 heterocycles. The van der Waals surface area contributed by atoms with E-state index in [1.165, 1.54) is 6.07 Å². The van der Waals surface area contributed by atoms with Crippen LogP contribution in [0.5, 0.6) is 0 Å². The van der Waals surface area contributed by atoms with Crippen molar-refractivity contribution in [1.29, 1.82) is 0 Å². The van der Waals surface area contributed by atoms with Gasteiger partial charge in [0.2, 0.25) is 0 Å². The number of carbonyl (C=O) groups is 2. The zero-order chi connectivity index (χ0) is 14.0. The molecule has 1 aromatic carbocycles. The minimum atomic E-state index is -1.30. The lowest BCUT2D eigenvalue weighted by molar-refractivity contribution is 0.0985. The van der Waals surface area contributed by atoms with Crippen molar-refractivity contribution in [3.63, 3.8) is 0 Å². The Balaban J connectivity index is 2.43. The smallest absolute Gasteiger partial charge is 0.405 e. The summed E-state index contributed by atoms with van der Waals surface area (Å²) in [6.45, 7) is 1.48. The third-order valence-corrected chi connectivity index (χ3v) is 2.70. The van der Waals surface area contributed by atoms with Crippen LogP contribution in [-0.2, 0) is 0 Å². The number of amides is 1. The number of hydrogen-bond acceptors (Lipinski definition) is 3.